The second kappa shape index (κ2) is 7.78. The molecule has 2 aromatic rings. The molecule has 0 saturated carbocycles. The Hall–Kier alpha value is -3.88. The SMILES string of the molecule is Cc1ncc(C(=O)NC(CC2=CC(=O)C=C2)C(=O)C(N)=O)n1-c1ccccn1. The van der Waals surface area contributed by atoms with Gasteiger partial charge in [0.05, 0.1) is 6.20 Å². The molecule has 0 bridgehead atoms. The van der Waals surface area contributed by atoms with E-state index in [2.05, 4.69) is 15.3 Å². The molecule has 28 heavy (non-hydrogen) atoms. The Kier molecular flexibility index (Phi) is 5.25. The van der Waals surface area contributed by atoms with E-state index in [1.807, 2.05) is 0 Å². The largest absolute Gasteiger partial charge is 0.363 e. The van der Waals surface area contributed by atoms with Gasteiger partial charge < -0.3 is 11.1 Å². The third-order valence-corrected chi connectivity index (χ3v) is 4.14. The zero-order valence-corrected chi connectivity index (χ0v) is 15.0. The van der Waals surface area contributed by atoms with Gasteiger partial charge in [-0.1, -0.05) is 12.1 Å². The van der Waals surface area contributed by atoms with E-state index >= 15 is 0 Å². The average molecular weight is 379 g/mol. The van der Waals surface area contributed by atoms with Crippen LogP contribution in [0.2, 0.25) is 0 Å². The number of aryl methyl sites for hydroxylation is 1. The number of allylic oxidation sites excluding steroid dienone is 3. The fourth-order valence-electron chi connectivity index (χ4n) is 2.82. The van der Waals surface area contributed by atoms with Crippen molar-refractivity contribution in [1.29, 1.82) is 0 Å². The molecule has 2 amide bonds. The van der Waals surface area contributed by atoms with Crippen LogP contribution in [0.1, 0.15) is 22.7 Å². The van der Waals surface area contributed by atoms with Crippen molar-refractivity contribution in [2.45, 2.75) is 19.4 Å². The molecular weight excluding hydrogens is 362 g/mol. The normalized spacial score (nSPS) is 13.9. The highest BCUT2D eigenvalue weighted by Gasteiger charge is 2.28. The lowest BCUT2D eigenvalue weighted by Gasteiger charge is -2.17. The van der Waals surface area contributed by atoms with Crippen molar-refractivity contribution >= 4 is 23.4 Å². The van der Waals surface area contributed by atoms with Crippen molar-refractivity contribution < 1.29 is 19.2 Å². The molecule has 3 rings (SSSR count). The molecule has 3 N–H and O–H groups in total. The maximum Gasteiger partial charge on any atom is 0.287 e. The van der Waals surface area contributed by atoms with Gasteiger partial charge in [-0.3, -0.25) is 23.7 Å². The molecule has 1 aliphatic rings. The molecular formula is C19H17N5O4. The molecule has 0 aromatic carbocycles. The minimum absolute atomic E-state index is 0.0353. The summed E-state index contributed by atoms with van der Waals surface area (Å²) in [6, 6.07) is 4.00. The highest BCUT2D eigenvalue weighted by Crippen LogP contribution is 2.16. The summed E-state index contributed by atoms with van der Waals surface area (Å²) in [6.07, 6.45) is 7.08. The van der Waals surface area contributed by atoms with Gasteiger partial charge in [-0.25, -0.2) is 9.97 Å². The minimum Gasteiger partial charge on any atom is -0.363 e. The smallest absolute Gasteiger partial charge is 0.287 e. The molecule has 142 valence electrons. The van der Waals surface area contributed by atoms with E-state index in [9.17, 15) is 19.2 Å². The number of nitrogens with one attached hydrogen (secondary N) is 1. The predicted molar refractivity (Wildman–Crippen MR) is 98.4 cm³/mol. The molecule has 2 heterocycles. The number of hydrogen-bond donors (Lipinski definition) is 2. The Morgan fingerprint density at radius 2 is 2.00 bits per heavy atom. The molecule has 0 saturated heterocycles. The van der Waals surface area contributed by atoms with E-state index in [1.54, 1.807) is 31.3 Å². The number of hydrogen-bond acceptors (Lipinski definition) is 6. The van der Waals surface area contributed by atoms with Gasteiger partial charge in [0.25, 0.3) is 11.8 Å². The second-order valence-electron chi connectivity index (χ2n) is 6.13. The van der Waals surface area contributed by atoms with Gasteiger partial charge in [-0.2, -0.15) is 0 Å². The predicted octanol–water partition coefficient (Wildman–Crippen LogP) is 0.184. The molecule has 0 fully saturated rings. The fourth-order valence-corrected chi connectivity index (χ4v) is 2.82. The molecule has 1 aliphatic carbocycles. The van der Waals surface area contributed by atoms with Crippen LogP contribution in [0, 0.1) is 6.92 Å². The Balaban J connectivity index is 1.88. The lowest BCUT2D eigenvalue weighted by atomic mass is 10.0. The van der Waals surface area contributed by atoms with Crippen LogP contribution in [0.5, 0.6) is 0 Å². The molecule has 9 heteroatoms. The number of amides is 2. The first kappa shape index (κ1) is 18.9. The summed E-state index contributed by atoms with van der Waals surface area (Å²) < 4.78 is 1.53. The molecule has 2 aromatic heterocycles. The number of nitrogens with two attached hydrogens (primary N) is 1. The van der Waals surface area contributed by atoms with Crippen LogP contribution in [0.3, 0.4) is 0 Å². The monoisotopic (exact) mass is 379 g/mol. The van der Waals surface area contributed by atoms with E-state index < -0.39 is 23.6 Å². The van der Waals surface area contributed by atoms with Crippen LogP contribution in [0.25, 0.3) is 5.82 Å². The number of primary amides is 1. The van der Waals surface area contributed by atoms with E-state index in [0.29, 0.717) is 17.2 Å². The Morgan fingerprint density at radius 3 is 2.61 bits per heavy atom. The topological polar surface area (TPSA) is 137 Å². The standard InChI is InChI=1S/C19H17N5O4/c1-11-22-10-15(24(11)16-4-2-3-7-21-16)19(28)23-14(17(26)18(20)27)9-12-5-6-13(25)8-12/h2-8,10,14H,9H2,1H3,(H2,20,27)(H,23,28). The van der Waals surface area contributed by atoms with E-state index in [-0.39, 0.29) is 17.9 Å². The summed E-state index contributed by atoms with van der Waals surface area (Å²) >= 11 is 0. The zero-order valence-electron chi connectivity index (χ0n) is 15.0. The van der Waals surface area contributed by atoms with Gasteiger partial charge in [0.2, 0.25) is 5.78 Å². The summed E-state index contributed by atoms with van der Waals surface area (Å²) in [5.74, 6) is -1.98. The van der Waals surface area contributed by atoms with Crippen LogP contribution in [-0.4, -0.2) is 44.0 Å². The van der Waals surface area contributed by atoms with Crippen LogP contribution in [0.4, 0.5) is 0 Å². The first-order valence-electron chi connectivity index (χ1n) is 8.39. The second-order valence-corrected chi connectivity index (χ2v) is 6.13. The summed E-state index contributed by atoms with van der Waals surface area (Å²) in [7, 11) is 0. The van der Waals surface area contributed by atoms with E-state index in [1.165, 1.54) is 29.0 Å². The van der Waals surface area contributed by atoms with E-state index in [0.717, 1.165) is 0 Å². The quantitative estimate of drug-likeness (QED) is 0.659. The van der Waals surface area contributed by atoms with Crippen molar-refractivity contribution in [3.63, 3.8) is 0 Å². The number of aromatic nitrogens is 3. The maximum absolute atomic E-state index is 12.8. The Labute approximate surface area is 160 Å². The molecule has 1 atom stereocenters. The Morgan fingerprint density at radius 1 is 1.21 bits per heavy atom. The summed E-state index contributed by atoms with van der Waals surface area (Å²) in [6.45, 7) is 1.71. The highest BCUT2D eigenvalue weighted by atomic mass is 16.2. The van der Waals surface area contributed by atoms with Crippen LogP contribution in [0.15, 0.2) is 54.4 Å². The Bertz CT molecular complexity index is 1020. The number of carbonyl (C=O) groups is 4. The van der Waals surface area contributed by atoms with Crippen molar-refractivity contribution in [2.75, 3.05) is 0 Å². The van der Waals surface area contributed by atoms with Crippen LogP contribution < -0.4 is 11.1 Å². The third kappa shape index (κ3) is 3.93. The minimum atomic E-state index is -1.21. The molecule has 9 nitrogen and oxygen atoms in total. The number of rotatable bonds is 7. The fraction of sp³-hybridized carbons (Fsp3) is 0.158. The van der Waals surface area contributed by atoms with Crippen molar-refractivity contribution in [2.24, 2.45) is 5.73 Å². The number of pyridine rings is 1. The van der Waals surface area contributed by atoms with Crippen LogP contribution in [-0.2, 0) is 14.4 Å². The van der Waals surface area contributed by atoms with Gasteiger partial charge in [0, 0.05) is 12.6 Å². The first-order chi connectivity index (χ1) is 13.4. The van der Waals surface area contributed by atoms with Crippen molar-refractivity contribution in [1.82, 2.24) is 19.9 Å². The van der Waals surface area contributed by atoms with Gasteiger partial charge in [0.15, 0.2) is 5.78 Å². The van der Waals surface area contributed by atoms with Crippen molar-refractivity contribution in [3.8, 4) is 5.82 Å². The zero-order chi connectivity index (χ0) is 20.3. The van der Waals surface area contributed by atoms with Gasteiger partial charge in [0.1, 0.15) is 23.4 Å². The number of ketones is 2. The number of nitrogens with zero attached hydrogens (tertiary/aromatic N) is 3. The number of imidazole rings is 1. The molecule has 0 spiro atoms. The summed E-state index contributed by atoms with van der Waals surface area (Å²) in [4.78, 5) is 56.1. The summed E-state index contributed by atoms with van der Waals surface area (Å²) in [5, 5.41) is 2.52. The number of Topliss-reactive ketones (excluding diaryl/α,β-unsaturated/α-hetero) is 1. The molecule has 0 radical (unpaired) electrons. The lowest BCUT2D eigenvalue weighted by Crippen LogP contribution is -2.46. The third-order valence-electron chi connectivity index (χ3n) is 4.14. The maximum atomic E-state index is 12.8. The van der Waals surface area contributed by atoms with Gasteiger partial charge in [-0.15, -0.1) is 0 Å². The first-order valence-corrected chi connectivity index (χ1v) is 8.39. The summed E-state index contributed by atoms with van der Waals surface area (Å²) in [5.41, 5.74) is 5.76. The van der Waals surface area contributed by atoms with Gasteiger partial charge in [-0.05, 0) is 36.8 Å². The molecule has 1 unspecified atom stereocenters. The van der Waals surface area contributed by atoms with E-state index in [4.69, 9.17) is 5.73 Å². The molecule has 0 aliphatic heterocycles. The van der Waals surface area contributed by atoms with Crippen LogP contribution >= 0.6 is 0 Å². The lowest BCUT2D eigenvalue weighted by molar-refractivity contribution is -0.137. The average Bonchev–Trinajstić information content (AvgIpc) is 3.26. The number of carbonyl (C=O) groups excluding carboxylic acids is 4. The highest BCUT2D eigenvalue weighted by molar-refractivity contribution is 6.38. The van der Waals surface area contributed by atoms with Crippen molar-refractivity contribution in [3.05, 3.63) is 65.9 Å². The van der Waals surface area contributed by atoms with Gasteiger partial charge >= 0.3 is 0 Å².